The molecule has 1 aromatic rings. The van der Waals surface area contributed by atoms with Crippen LogP contribution in [-0.2, 0) is 26.0 Å². The van der Waals surface area contributed by atoms with Gasteiger partial charge in [0.25, 0.3) is 0 Å². The van der Waals surface area contributed by atoms with Crippen molar-refractivity contribution in [1.82, 2.24) is 0 Å². The zero-order valence-corrected chi connectivity index (χ0v) is 11.3. The lowest BCUT2D eigenvalue weighted by Gasteiger charge is -2.24. The van der Waals surface area contributed by atoms with Gasteiger partial charge in [0.15, 0.2) is 0 Å². The molecule has 6 nitrogen and oxygen atoms in total. The van der Waals surface area contributed by atoms with E-state index in [1.54, 1.807) is 24.3 Å². The van der Waals surface area contributed by atoms with Crippen LogP contribution in [0.1, 0.15) is 5.56 Å². The first kappa shape index (κ1) is 13.8. The van der Waals surface area contributed by atoms with Crippen molar-refractivity contribution in [3.63, 3.8) is 0 Å². The summed E-state index contributed by atoms with van der Waals surface area (Å²) in [7, 11) is -2.30. The second-order valence-corrected chi connectivity index (χ2v) is 6.26. The smallest absolute Gasteiger partial charge is 0.327 e. The lowest BCUT2D eigenvalue weighted by Crippen LogP contribution is -2.44. The predicted molar refractivity (Wildman–Crippen MR) is 69.7 cm³/mol. The molecule has 0 fully saturated rings. The maximum Gasteiger partial charge on any atom is 0.327 e. The Hall–Kier alpha value is -1.60. The molecule has 1 unspecified atom stereocenters. The van der Waals surface area contributed by atoms with Crippen molar-refractivity contribution in [3.05, 3.63) is 29.8 Å². The average Bonchev–Trinajstić information content (AvgIpc) is 2.76. The van der Waals surface area contributed by atoms with E-state index in [2.05, 4.69) is 0 Å². The number of rotatable bonds is 5. The minimum absolute atomic E-state index is 0.0351. The fraction of sp³-hybridized carbons (Fsp3) is 0.417. The van der Waals surface area contributed by atoms with Crippen LogP contribution in [-0.4, -0.2) is 45.0 Å². The highest BCUT2D eigenvalue weighted by Gasteiger charge is 2.41. The van der Waals surface area contributed by atoms with E-state index in [-0.39, 0.29) is 18.8 Å². The van der Waals surface area contributed by atoms with Gasteiger partial charge in [-0.3, -0.25) is 4.31 Å². The van der Waals surface area contributed by atoms with Gasteiger partial charge in [0.1, 0.15) is 6.04 Å². The molecule has 1 aliphatic heterocycles. The number of para-hydroxylation sites is 1. The normalized spacial score (nSPS) is 18.4. The highest BCUT2D eigenvalue weighted by atomic mass is 32.2. The number of methoxy groups -OCH3 is 1. The van der Waals surface area contributed by atoms with E-state index >= 15 is 0 Å². The van der Waals surface area contributed by atoms with E-state index in [4.69, 9.17) is 4.74 Å². The Balaban J connectivity index is 2.42. The van der Waals surface area contributed by atoms with Gasteiger partial charge in [-0.2, -0.15) is 0 Å². The van der Waals surface area contributed by atoms with E-state index in [1.807, 2.05) is 0 Å². The molecule has 0 aliphatic carbocycles. The summed E-state index contributed by atoms with van der Waals surface area (Å²) < 4.78 is 30.3. The molecule has 0 bridgehead atoms. The van der Waals surface area contributed by atoms with Crippen molar-refractivity contribution < 1.29 is 23.1 Å². The number of carboxylic acids is 1. The third kappa shape index (κ3) is 2.57. The maximum atomic E-state index is 12.3. The van der Waals surface area contributed by atoms with Crippen LogP contribution in [0.15, 0.2) is 24.3 Å². The number of anilines is 1. The fourth-order valence-corrected chi connectivity index (χ4v) is 3.78. The fourth-order valence-electron chi connectivity index (χ4n) is 2.18. The Bertz CT molecular complexity index is 584. The lowest BCUT2D eigenvalue weighted by atomic mass is 10.1. The number of hydrogen-bond donors (Lipinski definition) is 1. The van der Waals surface area contributed by atoms with Gasteiger partial charge >= 0.3 is 5.97 Å². The van der Waals surface area contributed by atoms with Crippen molar-refractivity contribution in [1.29, 1.82) is 0 Å². The molecule has 0 amide bonds. The van der Waals surface area contributed by atoms with Gasteiger partial charge in [-0.05, 0) is 11.6 Å². The lowest BCUT2D eigenvalue weighted by molar-refractivity contribution is -0.138. The second kappa shape index (κ2) is 5.18. The van der Waals surface area contributed by atoms with Crippen LogP contribution in [0.5, 0.6) is 0 Å². The number of ether oxygens (including phenoxy) is 1. The highest BCUT2D eigenvalue weighted by molar-refractivity contribution is 7.92. The largest absolute Gasteiger partial charge is 0.480 e. The molecule has 1 aromatic carbocycles. The van der Waals surface area contributed by atoms with Gasteiger partial charge in [-0.25, -0.2) is 13.2 Å². The van der Waals surface area contributed by atoms with Crippen molar-refractivity contribution in [2.45, 2.75) is 12.5 Å². The van der Waals surface area contributed by atoms with Crippen LogP contribution in [0.4, 0.5) is 5.69 Å². The zero-order valence-electron chi connectivity index (χ0n) is 10.4. The summed E-state index contributed by atoms with van der Waals surface area (Å²) in [5.74, 6) is -1.38. The standard InChI is InChI=1S/C12H15NO5S/c1-18-6-7-19(16,17)13-10-5-3-2-4-9(10)8-11(13)12(14)15/h2-5,11H,6-8H2,1H3,(H,14,15). The van der Waals surface area contributed by atoms with Crippen molar-refractivity contribution >= 4 is 21.7 Å². The van der Waals surface area contributed by atoms with E-state index in [0.29, 0.717) is 5.69 Å². The Morgan fingerprint density at radius 1 is 1.47 bits per heavy atom. The highest BCUT2D eigenvalue weighted by Crippen LogP contribution is 2.34. The summed E-state index contributed by atoms with van der Waals surface area (Å²) >= 11 is 0. The molecule has 0 saturated heterocycles. The maximum absolute atomic E-state index is 12.3. The number of hydrogen-bond acceptors (Lipinski definition) is 4. The van der Waals surface area contributed by atoms with Gasteiger partial charge in [0, 0.05) is 13.5 Å². The van der Waals surface area contributed by atoms with E-state index in [1.165, 1.54) is 7.11 Å². The molecule has 104 valence electrons. The first-order chi connectivity index (χ1) is 8.97. The molecule has 2 rings (SSSR count). The first-order valence-electron chi connectivity index (χ1n) is 5.79. The summed E-state index contributed by atoms with van der Waals surface area (Å²) in [4.78, 5) is 11.3. The molecule has 1 heterocycles. The molecule has 0 radical (unpaired) electrons. The molecule has 7 heteroatoms. The van der Waals surface area contributed by atoms with Crippen LogP contribution < -0.4 is 4.31 Å². The van der Waals surface area contributed by atoms with Crippen molar-refractivity contribution in [3.8, 4) is 0 Å². The number of carboxylic acid groups (broad SMARTS) is 1. The van der Waals surface area contributed by atoms with Crippen LogP contribution in [0.2, 0.25) is 0 Å². The molecular formula is C12H15NO5S. The minimum Gasteiger partial charge on any atom is -0.480 e. The summed E-state index contributed by atoms with van der Waals surface area (Å²) in [5, 5.41) is 9.21. The topological polar surface area (TPSA) is 83.9 Å². The molecule has 1 aliphatic rings. The van der Waals surface area contributed by atoms with Crippen LogP contribution in [0.3, 0.4) is 0 Å². The van der Waals surface area contributed by atoms with Crippen LogP contribution >= 0.6 is 0 Å². The number of carbonyl (C=O) groups is 1. The van der Waals surface area contributed by atoms with Crippen molar-refractivity contribution in [2.75, 3.05) is 23.8 Å². The number of nitrogens with zero attached hydrogens (tertiary/aromatic N) is 1. The summed E-state index contributed by atoms with van der Waals surface area (Å²) in [6, 6.07) is 5.77. The van der Waals surface area contributed by atoms with Gasteiger partial charge in [-0.1, -0.05) is 18.2 Å². The molecule has 0 aromatic heterocycles. The molecular weight excluding hydrogens is 270 g/mol. The summed E-state index contributed by atoms with van der Waals surface area (Å²) in [5.41, 5.74) is 1.18. The van der Waals surface area contributed by atoms with Gasteiger partial charge < -0.3 is 9.84 Å². The Kier molecular flexibility index (Phi) is 3.77. The molecule has 0 spiro atoms. The number of aliphatic carboxylic acids is 1. The van der Waals surface area contributed by atoms with Gasteiger partial charge in [0.2, 0.25) is 10.0 Å². The third-order valence-corrected chi connectivity index (χ3v) is 4.79. The number of sulfonamides is 1. The zero-order chi connectivity index (χ0) is 14.0. The van der Waals surface area contributed by atoms with Gasteiger partial charge in [0.05, 0.1) is 18.0 Å². The number of fused-ring (bicyclic) bond motifs is 1. The Morgan fingerprint density at radius 2 is 2.16 bits per heavy atom. The monoisotopic (exact) mass is 285 g/mol. The van der Waals surface area contributed by atoms with E-state index < -0.39 is 22.0 Å². The predicted octanol–water partition coefficient (Wildman–Crippen LogP) is 0.478. The third-order valence-electron chi connectivity index (χ3n) is 3.06. The molecule has 19 heavy (non-hydrogen) atoms. The second-order valence-electron chi connectivity index (χ2n) is 4.29. The average molecular weight is 285 g/mol. The summed E-state index contributed by atoms with van der Waals surface area (Å²) in [6.07, 6.45) is 0.192. The van der Waals surface area contributed by atoms with E-state index in [9.17, 15) is 18.3 Å². The SMILES string of the molecule is COCCS(=O)(=O)N1c2ccccc2CC1C(=O)O. The molecule has 0 saturated carbocycles. The van der Waals surface area contributed by atoms with Gasteiger partial charge in [-0.15, -0.1) is 0 Å². The van der Waals surface area contributed by atoms with E-state index in [0.717, 1.165) is 9.87 Å². The quantitative estimate of drug-likeness (QED) is 0.850. The Labute approximate surface area is 111 Å². The number of benzene rings is 1. The first-order valence-corrected chi connectivity index (χ1v) is 7.40. The van der Waals surface area contributed by atoms with Crippen LogP contribution in [0.25, 0.3) is 0 Å². The Morgan fingerprint density at radius 3 is 2.79 bits per heavy atom. The minimum atomic E-state index is -3.70. The summed E-state index contributed by atoms with van der Waals surface area (Å²) in [6.45, 7) is 0.0351. The molecule has 1 atom stereocenters. The molecule has 1 N–H and O–H groups in total. The van der Waals surface area contributed by atoms with Crippen LogP contribution in [0, 0.1) is 0 Å². The van der Waals surface area contributed by atoms with Crippen molar-refractivity contribution in [2.24, 2.45) is 0 Å².